The highest BCUT2D eigenvalue weighted by atomic mass is 127. The maximum atomic E-state index is 5.74. The van der Waals surface area contributed by atoms with Gasteiger partial charge in [-0.3, -0.25) is 4.68 Å². The molecule has 6 nitrogen and oxygen atoms in total. The summed E-state index contributed by atoms with van der Waals surface area (Å²) in [5, 5.41) is 7.47. The molecule has 1 aromatic heterocycles. The van der Waals surface area contributed by atoms with Crippen molar-refractivity contribution in [3.05, 3.63) is 48.3 Å². The number of aliphatic imine (C=N–C) groups is 1. The average Bonchev–Trinajstić information content (AvgIpc) is 2.97. The fraction of sp³-hybridized carbons (Fsp3) is 0.412. The van der Waals surface area contributed by atoms with Crippen molar-refractivity contribution >= 4 is 29.9 Å². The highest BCUT2D eigenvalue weighted by molar-refractivity contribution is 14.0. The number of hydrogen-bond acceptors (Lipinski definition) is 3. The van der Waals surface area contributed by atoms with E-state index in [4.69, 9.17) is 4.74 Å². The molecule has 7 heteroatoms. The molecule has 0 saturated carbocycles. The first-order valence-corrected chi connectivity index (χ1v) is 7.85. The van der Waals surface area contributed by atoms with Crippen LogP contribution in [0, 0.1) is 0 Å². The molecule has 0 bridgehead atoms. The smallest absolute Gasteiger partial charge is 0.194 e. The lowest BCUT2D eigenvalue weighted by Crippen LogP contribution is -2.40. The number of rotatable bonds is 7. The Labute approximate surface area is 160 Å². The van der Waals surface area contributed by atoms with Gasteiger partial charge in [0.25, 0.3) is 0 Å². The molecule has 0 spiro atoms. The number of aryl methyl sites for hydroxylation is 1. The first-order chi connectivity index (χ1) is 11.2. The normalized spacial score (nSPS) is 10.9. The number of likely N-dealkylation sites (N-methyl/N-ethyl adjacent to an activating group) is 1. The molecule has 0 atom stereocenters. The van der Waals surface area contributed by atoms with Gasteiger partial charge < -0.3 is 15.0 Å². The van der Waals surface area contributed by atoms with Crippen molar-refractivity contribution in [1.29, 1.82) is 0 Å². The molecule has 2 aromatic rings. The second-order valence-electron chi connectivity index (χ2n) is 5.20. The van der Waals surface area contributed by atoms with Crippen LogP contribution in [0.5, 0.6) is 5.75 Å². The zero-order valence-corrected chi connectivity index (χ0v) is 16.8. The van der Waals surface area contributed by atoms with E-state index in [1.165, 1.54) is 0 Å². The van der Waals surface area contributed by atoms with Gasteiger partial charge in [-0.2, -0.15) is 5.10 Å². The van der Waals surface area contributed by atoms with Gasteiger partial charge in [0.2, 0.25) is 0 Å². The van der Waals surface area contributed by atoms with Crippen molar-refractivity contribution in [2.45, 2.75) is 13.5 Å². The second-order valence-corrected chi connectivity index (χ2v) is 5.20. The Kier molecular flexibility index (Phi) is 9.21. The van der Waals surface area contributed by atoms with E-state index in [9.17, 15) is 0 Å². The zero-order chi connectivity index (χ0) is 16.5. The molecule has 2 rings (SSSR count). The summed E-state index contributed by atoms with van der Waals surface area (Å²) in [5.74, 6) is 1.75. The van der Waals surface area contributed by atoms with E-state index < -0.39 is 0 Å². The van der Waals surface area contributed by atoms with Gasteiger partial charge in [-0.25, -0.2) is 4.99 Å². The Morgan fingerprint density at radius 2 is 2.04 bits per heavy atom. The average molecular weight is 443 g/mol. The summed E-state index contributed by atoms with van der Waals surface area (Å²) in [6, 6.07) is 11.8. The number of para-hydroxylation sites is 1. The second kappa shape index (κ2) is 10.9. The Bertz CT molecular complexity index is 614. The third-order valence-corrected chi connectivity index (χ3v) is 3.45. The van der Waals surface area contributed by atoms with Gasteiger partial charge in [0.15, 0.2) is 5.96 Å². The van der Waals surface area contributed by atoms with Crippen LogP contribution in [0.1, 0.15) is 12.6 Å². The summed E-state index contributed by atoms with van der Waals surface area (Å²) in [4.78, 5) is 6.73. The molecule has 0 amide bonds. The van der Waals surface area contributed by atoms with Gasteiger partial charge in [-0.1, -0.05) is 18.2 Å². The molecule has 1 heterocycles. The van der Waals surface area contributed by atoms with Crippen LogP contribution in [0.4, 0.5) is 0 Å². The lowest BCUT2D eigenvalue weighted by molar-refractivity contribution is 0.281. The van der Waals surface area contributed by atoms with E-state index in [1.54, 1.807) is 6.20 Å². The van der Waals surface area contributed by atoms with Crippen LogP contribution in [0.2, 0.25) is 0 Å². The van der Waals surface area contributed by atoms with Gasteiger partial charge in [0.1, 0.15) is 12.4 Å². The van der Waals surface area contributed by atoms with Crippen LogP contribution < -0.4 is 10.1 Å². The van der Waals surface area contributed by atoms with Gasteiger partial charge in [0, 0.05) is 26.8 Å². The minimum absolute atomic E-state index is 0. The van der Waals surface area contributed by atoms with Gasteiger partial charge >= 0.3 is 0 Å². The van der Waals surface area contributed by atoms with Crippen LogP contribution in [0.15, 0.2) is 47.6 Å². The Morgan fingerprint density at radius 1 is 1.29 bits per heavy atom. The van der Waals surface area contributed by atoms with Crippen molar-refractivity contribution in [1.82, 2.24) is 20.0 Å². The van der Waals surface area contributed by atoms with Crippen LogP contribution >= 0.6 is 24.0 Å². The first-order valence-electron chi connectivity index (χ1n) is 7.85. The molecule has 1 N–H and O–H groups in total. The topological polar surface area (TPSA) is 54.7 Å². The number of halogens is 1. The number of nitrogens with zero attached hydrogens (tertiary/aromatic N) is 4. The lowest BCUT2D eigenvalue weighted by atomic mass is 10.3. The molecule has 132 valence electrons. The van der Waals surface area contributed by atoms with E-state index in [2.05, 4.69) is 27.2 Å². The Morgan fingerprint density at radius 3 is 2.67 bits per heavy atom. The number of aromatic nitrogens is 2. The molecular formula is C17H26IN5O. The van der Waals surface area contributed by atoms with Crippen LogP contribution in [-0.2, 0) is 13.6 Å². The number of hydrogen-bond donors (Lipinski definition) is 1. The van der Waals surface area contributed by atoms with Crippen LogP contribution in [0.3, 0.4) is 0 Å². The minimum Gasteiger partial charge on any atom is -0.492 e. The summed E-state index contributed by atoms with van der Waals surface area (Å²) in [6.45, 7) is 4.85. The number of guanidine groups is 1. The predicted molar refractivity (Wildman–Crippen MR) is 108 cm³/mol. The number of benzene rings is 1. The van der Waals surface area contributed by atoms with Gasteiger partial charge in [-0.15, -0.1) is 24.0 Å². The molecule has 0 saturated heterocycles. The maximum Gasteiger partial charge on any atom is 0.194 e. The van der Waals surface area contributed by atoms with Crippen molar-refractivity contribution in [2.24, 2.45) is 12.0 Å². The van der Waals surface area contributed by atoms with Gasteiger partial charge in [-0.05, 0) is 25.1 Å². The number of ether oxygens (including phenoxy) is 1. The molecule has 1 aromatic carbocycles. The molecule has 0 fully saturated rings. The van der Waals surface area contributed by atoms with Crippen LogP contribution in [0.25, 0.3) is 0 Å². The van der Waals surface area contributed by atoms with E-state index in [1.807, 2.05) is 55.2 Å². The Balaban J connectivity index is 0.00000288. The molecule has 0 unspecified atom stereocenters. The van der Waals surface area contributed by atoms with Crippen molar-refractivity contribution in [3.63, 3.8) is 0 Å². The highest BCUT2D eigenvalue weighted by Gasteiger charge is 2.06. The molecular weight excluding hydrogens is 417 g/mol. The third kappa shape index (κ3) is 6.38. The van der Waals surface area contributed by atoms with Gasteiger partial charge in [0.05, 0.1) is 18.8 Å². The van der Waals surface area contributed by atoms with Crippen molar-refractivity contribution in [3.8, 4) is 5.75 Å². The monoisotopic (exact) mass is 443 g/mol. The summed E-state index contributed by atoms with van der Waals surface area (Å²) in [7, 11) is 3.94. The maximum absolute atomic E-state index is 5.74. The highest BCUT2D eigenvalue weighted by Crippen LogP contribution is 2.08. The zero-order valence-electron chi connectivity index (χ0n) is 14.5. The van der Waals surface area contributed by atoms with Crippen molar-refractivity contribution in [2.75, 3.05) is 26.7 Å². The lowest BCUT2D eigenvalue weighted by Gasteiger charge is -2.22. The van der Waals surface area contributed by atoms with Crippen molar-refractivity contribution < 1.29 is 4.74 Å². The third-order valence-electron chi connectivity index (χ3n) is 3.45. The van der Waals surface area contributed by atoms with E-state index in [0.29, 0.717) is 13.2 Å². The largest absolute Gasteiger partial charge is 0.492 e. The first kappa shape index (κ1) is 20.3. The quantitative estimate of drug-likeness (QED) is 0.406. The molecule has 0 aliphatic rings. The fourth-order valence-corrected chi connectivity index (χ4v) is 2.11. The predicted octanol–water partition coefficient (Wildman–Crippen LogP) is 2.51. The summed E-state index contributed by atoms with van der Waals surface area (Å²) in [5.41, 5.74) is 1.08. The van der Waals surface area contributed by atoms with E-state index >= 15 is 0 Å². The summed E-state index contributed by atoms with van der Waals surface area (Å²) in [6.07, 6.45) is 1.79. The summed E-state index contributed by atoms with van der Waals surface area (Å²) >= 11 is 0. The molecule has 0 aliphatic heterocycles. The molecule has 0 radical (unpaired) electrons. The standard InChI is InChI=1S/C17H25N5O.HI/c1-4-18-17(19-14-15-10-11-20-22(15)3)21(2)12-13-23-16-8-6-5-7-9-16;/h5-11H,4,12-14H2,1-3H3,(H,18,19);1H. The van der Waals surface area contributed by atoms with Crippen LogP contribution in [-0.4, -0.2) is 47.4 Å². The number of nitrogens with one attached hydrogen (secondary N) is 1. The summed E-state index contributed by atoms with van der Waals surface area (Å²) < 4.78 is 7.57. The Hall–Kier alpha value is -1.77. The molecule has 0 aliphatic carbocycles. The molecule has 24 heavy (non-hydrogen) atoms. The SMILES string of the molecule is CCNC(=NCc1ccnn1C)N(C)CCOc1ccccc1.I. The minimum atomic E-state index is 0. The fourth-order valence-electron chi connectivity index (χ4n) is 2.11. The van der Waals surface area contributed by atoms with E-state index in [0.717, 1.165) is 30.5 Å². The van der Waals surface area contributed by atoms with E-state index in [-0.39, 0.29) is 24.0 Å².